The Bertz CT molecular complexity index is 483. The molecule has 3 nitrogen and oxygen atoms in total. The maximum absolute atomic E-state index is 11.0. The van der Waals surface area contributed by atoms with Crippen molar-refractivity contribution in [2.45, 2.75) is 33.1 Å². The van der Waals surface area contributed by atoms with Gasteiger partial charge >= 0.3 is 5.97 Å². The fraction of sp³-hybridized carbons (Fsp3) is 0.533. The van der Waals surface area contributed by atoms with Gasteiger partial charge in [0.2, 0.25) is 0 Å². The van der Waals surface area contributed by atoms with E-state index in [9.17, 15) is 4.79 Å². The number of benzene rings is 1. The zero-order chi connectivity index (χ0) is 14.0. The molecule has 1 fully saturated rings. The number of nitrogens with zero attached hydrogens (tertiary/aromatic N) is 1. The third kappa shape index (κ3) is 2.71. The van der Waals surface area contributed by atoms with Gasteiger partial charge in [0.25, 0.3) is 0 Å². The minimum Gasteiger partial charge on any atom is -0.478 e. The lowest BCUT2D eigenvalue weighted by Gasteiger charge is -2.27. The van der Waals surface area contributed by atoms with Gasteiger partial charge in [0.15, 0.2) is 0 Å². The first-order valence-corrected chi connectivity index (χ1v) is 7.17. The first kappa shape index (κ1) is 14.2. The molecule has 1 aromatic carbocycles. The zero-order valence-corrected chi connectivity index (χ0v) is 12.2. The highest BCUT2D eigenvalue weighted by Gasteiger charge is 2.35. The maximum Gasteiger partial charge on any atom is 0.337 e. The summed E-state index contributed by atoms with van der Waals surface area (Å²) in [4.78, 5) is 13.3. The van der Waals surface area contributed by atoms with E-state index >= 15 is 0 Å². The van der Waals surface area contributed by atoms with Gasteiger partial charge in [-0.25, -0.2) is 4.79 Å². The SMILES string of the molecule is CCC1(CC)CCN(c2ccc(C(=O)O)c(Cl)c2)C1. The summed E-state index contributed by atoms with van der Waals surface area (Å²) in [7, 11) is 0. The van der Waals surface area contributed by atoms with E-state index in [1.807, 2.05) is 6.07 Å². The third-order valence-electron chi connectivity index (χ3n) is 4.49. The van der Waals surface area contributed by atoms with Crippen LogP contribution in [0.1, 0.15) is 43.5 Å². The van der Waals surface area contributed by atoms with Crippen LogP contribution in [0.5, 0.6) is 0 Å². The van der Waals surface area contributed by atoms with E-state index in [4.69, 9.17) is 16.7 Å². The van der Waals surface area contributed by atoms with Gasteiger partial charge in [0, 0.05) is 18.8 Å². The molecule has 4 heteroatoms. The number of aromatic carboxylic acids is 1. The number of carboxylic acid groups (broad SMARTS) is 1. The van der Waals surface area contributed by atoms with Crippen molar-refractivity contribution in [1.82, 2.24) is 0 Å². The van der Waals surface area contributed by atoms with E-state index < -0.39 is 5.97 Å². The van der Waals surface area contributed by atoms with Crippen molar-refractivity contribution in [3.63, 3.8) is 0 Å². The minimum absolute atomic E-state index is 0.168. The lowest BCUT2D eigenvalue weighted by molar-refractivity contribution is 0.0697. The first-order chi connectivity index (χ1) is 9.01. The summed E-state index contributed by atoms with van der Waals surface area (Å²) in [6.07, 6.45) is 3.56. The lowest BCUT2D eigenvalue weighted by Crippen LogP contribution is -2.26. The van der Waals surface area contributed by atoms with Gasteiger partial charge in [-0.3, -0.25) is 0 Å². The predicted molar refractivity (Wildman–Crippen MR) is 78.3 cm³/mol. The Morgan fingerprint density at radius 3 is 2.58 bits per heavy atom. The molecule has 0 bridgehead atoms. The number of carboxylic acids is 1. The quantitative estimate of drug-likeness (QED) is 0.905. The van der Waals surface area contributed by atoms with Crippen LogP contribution in [-0.2, 0) is 0 Å². The molecule has 0 aliphatic carbocycles. The van der Waals surface area contributed by atoms with Crippen LogP contribution in [0, 0.1) is 5.41 Å². The Hall–Kier alpha value is -1.22. The Morgan fingerprint density at radius 2 is 2.11 bits per heavy atom. The number of hydrogen-bond donors (Lipinski definition) is 1. The standard InChI is InChI=1S/C15H20ClNO2/c1-3-15(4-2)7-8-17(10-15)11-5-6-12(14(18)19)13(16)9-11/h5-6,9H,3-4,7-8,10H2,1-2H3,(H,18,19). The summed E-state index contributed by atoms with van der Waals surface area (Å²) in [5, 5.41) is 9.30. The summed E-state index contributed by atoms with van der Waals surface area (Å²) in [5.74, 6) is -0.977. The lowest BCUT2D eigenvalue weighted by atomic mass is 9.82. The van der Waals surface area contributed by atoms with Gasteiger partial charge in [-0.15, -0.1) is 0 Å². The second-order valence-corrected chi connectivity index (χ2v) is 5.76. The number of halogens is 1. The monoisotopic (exact) mass is 281 g/mol. The Balaban J connectivity index is 2.21. The second-order valence-electron chi connectivity index (χ2n) is 5.35. The van der Waals surface area contributed by atoms with Crippen LogP contribution in [0.2, 0.25) is 5.02 Å². The molecule has 104 valence electrons. The third-order valence-corrected chi connectivity index (χ3v) is 4.80. The molecule has 1 heterocycles. The van der Waals surface area contributed by atoms with E-state index in [0.717, 1.165) is 18.8 Å². The van der Waals surface area contributed by atoms with Gasteiger partial charge in [-0.1, -0.05) is 25.4 Å². The summed E-state index contributed by atoms with van der Waals surface area (Å²) < 4.78 is 0. The molecule has 19 heavy (non-hydrogen) atoms. The molecule has 0 unspecified atom stereocenters. The highest BCUT2D eigenvalue weighted by atomic mass is 35.5. The molecule has 2 rings (SSSR count). The van der Waals surface area contributed by atoms with Crippen LogP contribution in [0.3, 0.4) is 0 Å². The van der Waals surface area contributed by atoms with E-state index in [1.54, 1.807) is 12.1 Å². The highest BCUT2D eigenvalue weighted by Crippen LogP contribution is 2.39. The first-order valence-electron chi connectivity index (χ1n) is 6.79. The molecule has 1 N–H and O–H groups in total. The van der Waals surface area contributed by atoms with Crippen molar-refractivity contribution in [1.29, 1.82) is 0 Å². The highest BCUT2D eigenvalue weighted by molar-refractivity contribution is 6.33. The van der Waals surface area contributed by atoms with Crippen molar-refractivity contribution >= 4 is 23.3 Å². The molecular formula is C15H20ClNO2. The number of carbonyl (C=O) groups is 1. The number of hydrogen-bond acceptors (Lipinski definition) is 2. The molecule has 0 spiro atoms. The molecule has 0 amide bonds. The maximum atomic E-state index is 11.0. The van der Waals surface area contributed by atoms with Crippen molar-refractivity contribution < 1.29 is 9.90 Å². The fourth-order valence-corrected chi connectivity index (χ4v) is 3.11. The molecule has 1 aliphatic rings. The minimum atomic E-state index is -0.977. The van der Waals surface area contributed by atoms with Crippen LogP contribution < -0.4 is 4.90 Å². The molecule has 0 saturated carbocycles. The Kier molecular flexibility index (Phi) is 4.04. The Labute approximate surface area is 119 Å². The molecule has 1 saturated heterocycles. The Morgan fingerprint density at radius 1 is 1.42 bits per heavy atom. The van der Waals surface area contributed by atoms with E-state index in [0.29, 0.717) is 10.4 Å². The molecule has 1 aliphatic heterocycles. The average Bonchev–Trinajstić information content (AvgIpc) is 2.83. The summed E-state index contributed by atoms with van der Waals surface area (Å²) >= 11 is 6.03. The molecular weight excluding hydrogens is 262 g/mol. The van der Waals surface area contributed by atoms with Gasteiger partial charge in [0.1, 0.15) is 0 Å². The van der Waals surface area contributed by atoms with Gasteiger partial charge in [-0.05, 0) is 42.9 Å². The van der Waals surface area contributed by atoms with Gasteiger partial charge < -0.3 is 10.0 Å². The normalized spacial score (nSPS) is 17.7. The van der Waals surface area contributed by atoms with E-state index in [2.05, 4.69) is 18.7 Å². The molecule has 0 atom stereocenters. The van der Waals surface area contributed by atoms with Crippen LogP contribution in [-0.4, -0.2) is 24.2 Å². The number of rotatable bonds is 4. The summed E-state index contributed by atoms with van der Waals surface area (Å²) in [6.45, 7) is 6.54. The van der Waals surface area contributed by atoms with Crippen LogP contribution in [0.4, 0.5) is 5.69 Å². The van der Waals surface area contributed by atoms with E-state index in [-0.39, 0.29) is 5.56 Å². The van der Waals surface area contributed by atoms with Crippen molar-refractivity contribution in [3.05, 3.63) is 28.8 Å². The fourth-order valence-electron chi connectivity index (χ4n) is 2.86. The average molecular weight is 282 g/mol. The summed E-state index contributed by atoms with van der Waals surface area (Å²) in [5.41, 5.74) is 1.60. The number of anilines is 1. The predicted octanol–water partition coefficient (Wildman–Crippen LogP) is 4.05. The van der Waals surface area contributed by atoms with Crippen molar-refractivity contribution in [3.8, 4) is 0 Å². The van der Waals surface area contributed by atoms with Crippen molar-refractivity contribution in [2.75, 3.05) is 18.0 Å². The molecule has 0 aromatic heterocycles. The van der Waals surface area contributed by atoms with Gasteiger partial charge in [-0.2, -0.15) is 0 Å². The molecule has 1 aromatic rings. The smallest absolute Gasteiger partial charge is 0.337 e. The van der Waals surface area contributed by atoms with Crippen molar-refractivity contribution in [2.24, 2.45) is 5.41 Å². The van der Waals surface area contributed by atoms with Crippen LogP contribution in [0.15, 0.2) is 18.2 Å². The second kappa shape index (κ2) is 5.41. The van der Waals surface area contributed by atoms with E-state index in [1.165, 1.54) is 19.3 Å². The topological polar surface area (TPSA) is 40.5 Å². The largest absolute Gasteiger partial charge is 0.478 e. The van der Waals surface area contributed by atoms with Gasteiger partial charge in [0.05, 0.1) is 10.6 Å². The summed E-state index contributed by atoms with van der Waals surface area (Å²) in [6, 6.07) is 5.22. The molecule has 0 radical (unpaired) electrons. The zero-order valence-electron chi connectivity index (χ0n) is 11.4. The van der Waals surface area contributed by atoms with Crippen LogP contribution in [0.25, 0.3) is 0 Å². The van der Waals surface area contributed by atoms with Crippen LogP contribution >= 0.6 is 11.6 Å².